The zero-order valence-corrected chi connectivity index (χ0v) is 15.8. The third-order valence-electron chi connectivity index (χ3n) is 3.74. The topological polar surface area (TPSA) is 75.2 Å². The molecule has 1 amide bonds. The number of likely N-dealkylation sites (N-methyl/N-ethyl adjacent to an activating group) is 1. The number of aliphatic imine (C=N–C) groups is 1. The van der Waals surface area contributed by atoms with Gasteiger partial charge in [0, 0.05) is 38.7 Å². The number of nitrogens with one attached hydrogen (secondary N) is 2. The third-order valence-corrected chi connectivity index (χ3v) is 4.61. The lowest BCUT2D eigenvalue weighted by atomic mass is 10.3. The Morgan fingerprint density at radius 2 is 2.36 bits per heavy atom. The lowest BCUT2D eigenvalue weighted by Crippen LogP contribution is -2.38. The van der Waals surface area contributed by atoms with Gasteiger partial charge in [-0.2, -0.15) is 0 Å². The molecule has 1 saturated heterocycles. The summed E-state index contributed by atoms with van der Waals surface area (Å²) in [5, 5.41) is 8.57. The molecular weight excluding hydrogens is 340 g/mol. The molecule has 1 aromatic rings. The minimum atomic E-state index is -0.0261. The van der Waals surface area contributed by atoms with Gasteiger partial charge in [-0.15, -0.1) is 11.3 Å². The highest BCUT2D eigenvalue weighted by atomic mass is 32.1. The summed E-state index contributed by atoms with van der Waals surface area (Å²) in [7, 11) is 3.46. The Morgan fingerprint density at radius 1 is 1.48 bits per heavy atom. The van der Waals surface area contributed by atoms with Gasteiger partial charge in [0.2, 0.25) is 5.91 Å². The Bertz CT molecular complexity index is 528. The van der Waals surface area contributed by atoms with Crippen LogP contribution in [0.25, 0.3) is 0 Å². The number of thiophene rings is 1. The van der Waals surface area contributed by atoms with E-state index < -0.39 is 0 Å². The first-order valence-corrected chi connectivity index (χ1v) is 9.47. The number of guanidine groups is 1. The zero-order chi connectivity index (χ0) is 17.9. The molecule has 2 heterocycles. The second-order valence-electron chi connectivity index (χ2n) is 6.02. The maximum atomic E-state index is 11.7. The average Bonchev–Trinajstić information content (AvgIpc) is 3.29. The second kappa shape index (κ2) is 11.1. The molecule has 0 spiro atoms. The van der Waals surface area contributed by atoms with E-state index in [1.165, 1.54) is 9.78 Å². The van der Waals surface area contributed by atoms with Gasteiger partial charge < -0.3 is 25.0 Å². The minimum absolute atomic E-state index is 0.0261. The third kappa shape index (κ3) is 7.85. The fraction of sp³-hybridized carbons (Fsp3) is 0.647. The van der Waals surface area contributed by atoms with Gasteiger partial charge in [0.1, 0.15) is 6.54 Å². The summed E-state index contributed by atoms with van der Waals surface area (Å²) in [5.74, 6) is 0.620. The Kier molecular flexibility index (Phi) is 8.71. The van der Waals surface area contributed by atoms with Crippen molar-refractivity contribution >= 4 is 23.2 Å². The molecule has 8 heteroatoms. The second-order valence-corrected chi connectivity index (χ2v) is 7.05. The van der Waals surface area contributed by atoms with Crippen LogP contribution in [0, 0.1) is 0 Å². The average molecular weight is 369 g/mol. The Morgan fingerprint density at radius 3 is 3.04 bits per heavy atom. The SMILES string of the molecule is CN(C)C(=O)CN=C(NCCCOC1CCOC1)NCc1cccs1. The van der Waals surface area contributed by atoms with Crippen molar-refractivity contribution in [3.8, 4) is 0 Å². The normalized spacial score (nSPS) is 17.5. The summed E-state index contributed by atoms with van der Waals surface area (Å²) < 4.78 is 11.0. The molecular formula is C17H28N4O3S. The summed E-state index contributed by atoms with van der Waals surface area (Å²) in [4.78, 5) is 18.9. The van der Waals surface area contributed by atoms with Crippen molar-refractivity contribution in [3.05, 3.63) is 22.4 Å². The molecule has 7 nitrogen and oxygen atoms in total. The molecule has 0 radical (unpaired) electrons. The van der Waals surface area contributed by atoms with Crippen molar-refractivity contribution in [1.82, 2.24) is 15.5 Å². The number of nitrogens with zero attached hydrogens (tertiary/aromatic N) is 2. The number of hydrogen-bond donors (Lipinski definition) is 2. The predicted octanol–water partition coefficient (Wildman–Crippen LogP) is 1.07. The Hall–Kier alpha value is -1.64. The van der Waals surface area contributed by atoms with Gasteiger partial charge in [-0.25, -0.2) is 4.99 Å². The van der Waals surface area contributed by atoms with Crippen molar-refractivity contribution < 1.29 is 14.3 Å². The summed E-state index contributed by atoms with van der Waals surface area (Å²) in [6, 6.07) is 4.09. The van der Waals surface area contributed by atoms with Gasteiger partial charge in [0.15, 0.2) is 5.96 Å². The summed E-state index contributed by atoms with van der Waals surface area (Å²) >= 11 is 1.69. The molecule has 140 valence electrons. The molecule has 25 heavy (non-hydrogen) atoms. The first-order chi connectivity index (χ1) is 12.1. The summed E-state index contributed by atoms with van der Waals surface area (Å²) in [6.07, 6.45) is 2.09. The number of hydrogen-bond acceptors (Lipinski definition) is 5. The zero-order valence-electron chi connectivity index (χ0n) is 15.0. The van der Waals surface area contributed by atoms with Gasteiger partial charge in [-0.3, -0.25) is 4.79 Å². The molecule has 0 bridgehead atoms. The van der Waals surface area contributed by atoms with Crippen LogP contribution < -0.4 is 10.6 Å². The highest BCUT2D eigenvalue weighted by Gasteiger charge is 2.15. The van der Waals surface area contributed by atoms with Crippen LogP contribution in [0.3, 0.4) is 0 Å². The van der Waals surface area contributed by atoms with Crippen molar-refractivity contribution in [2.75, 3.05) is 47.0 Å². The fourth-order valence-corrected chi connectivity index (χ4v) is 2.86. The molecule has 0 aliphatic carbocycles. The number of ether oxygens (including phenoxy) is 2. The van der Waals surface area contributed by atoms with E-state index >= 15 is 0 Å². The number of rotatable bonds is 9. The van der Waals surface area contributed by atoms with Crippen molar-refractivity contribution in [1.29, 1.82) is 0 Å². The first-order valence-electron chi connectivity index (χ1n) is 8.59. The van der Waals surface area contributed by atoms with E-state index in [0.717, 1.165) is 26.0 Å². The van der Waals surface area contributed by atoms with Crippen molar-refractivity contribution in [2.24, 2.45) is 4.99 Å². The van der Waals surface area contributed by atoms with E-state index in [1.807, 2.05) is 11.4 Å². The molecule has 1 unspecified atom stereocenters. The van der Waals surface area contributed by atoms with E-state index in [0.29, 0.717) is 25.7 Å². The van der Waals surface area contributed by atoms with E-state index in [4.69, 9.17) is 9.47 Å². The molecule has 1 aliphatic rings. The van der Waals surface area contributed by atoms with Crippen LogP contribution in [0.15, 0.2) is 22.5 Å². The molecule has 1 atom stereocenters. The molecule has 0 saturated carbocycles. The van der Waals surface area contributed by atoms with Crippen LogP contribution in [0.5, 0.6) is 0 Å². The van der Waals surface area contributed by atoms with Gasteiger partial charge >= 0.3 is 0 Å². The molecule has 1 fully saturated rings. The van der Waals surface area contributed by atoms with E-state index in [2.05, 4.69) is 21.7 Å². The number of carbonyl (C=O) groups is 1. The van der Waals surface area contributed by atoms with Gasteiger partial charge in [0.25, 0.3) is 0 Å². The van der Waals surface area contributed by atoms with Crippen LogP contribution in [0.1, 0.15) is 17.7 Å². The Balaban J connectivity index is 1.72. The lowest BCUT2D eigenvalue weighted by Gasteiger charge is -2.14. The van der Waals surface area contributed by atoms with Crippen LogP contribution in [0.4, 0.5) is 0 Å². The quantitative estimate of drug-likeness (QED) is 0.387. The maximum Gasteiger partial charge on any atom is 0.243 e. The van der Waals surface area contributed by atoms with Crippen LogP contribution >= 0.6 is 11.3 Å². The number of carbonyl (C=O) groups excluding carboxylic acids is 1. The van der Waals surface area contributed by atoms with Crippen molar-refractivity contribution in [3.63, 3.8) is 0 Å². The molecule has 1 aromatic heterocycles. The molecule has 0 aromatic carbocycles. The Labute approximate surface area is 153 Å². The fourth-order valence-electron chi connectivity index (χ4n) is 2.22. The van der Waals surface area contributed by atoms with Crippen LogP contribution in [0.2, 0.25) is 0 Å². The molecule has 1 aliphatic heterocycles. The monoisotopic (exact) mass is 368 g/mol. The largest absolute Gasteiger partial charge is 0.379 e. The standard InChI is InChI=1S/C17H28N4O3S/c1-21(2)16(22)12-20-17(19-11-15-5-3-10-25-15)18-7-4-8-24-14-6-9-23-13-14/h3,5,10,14H,4,6-9,11-13H2,1-2H3,(H2,18,19,20). The van der Waals surface area contributed by atoms with E-state index in [9.17, 15) is 4.79 Å². The van der Waals surface area contributed by atoms with Crippen molar-refractivity contribution in [2.45, 2.75) is 25.5 Å². The smallest absolute Gasteiger partial charge is 0.243 e. The molecule has 2 N–H and O–H groups in total. The van der Waals surface area contributed by atoms with E-state index in [1.54, 1.807) is 25.4 Å². The summed E-state index contributed by atoms with van der Waals surface area (Å²) in [6.45, 7) is 3.75. The minimum Gasteiger partial charge on any atom is -0.379 e. The van der Waals surface area contributed by atoms with Crippen LogP contribution in [-0.2, 0) is 20.8 Å². The first kappa shape index (κ1) is 19.7. The molecule has 2 rings (SSSR count). The van der Waals surface area contributed by atoms with Crippen LogP contribution in [-0.4, -0.2) is 69.9 Å². The predicted molar refractivity (Wildman–Crippen MR) is 100.0 cm³/mol. The van der Waals surface area contributed by atoms with E-state index in [-0.39, 0.29) is 18.6 Å². The van der Waals surface area contributed by atoms with Gasteiger partial charge in [0.05, 0.1) is 19.3 Å². The number of amides is 1. The highest BCUT2D eigenvalue weighted by molar-refractivity contribution is 7.09. The lowest BCUT2D eigenvalue weighted by molar-refractivity contribution is -0.127. The maximum absolute atomic E-state index is 11.7. The van der Waals surface area contributed by atoms with Gasteiger partial charge in [-0.05, 0) is 24.3 Å². The highest BCUT2D eigenvalue weighted by Crippen LogP contribution is 2.08. The summed E-state index contributed by atoms with van der Waals surface area (Å²) in [5.41, 5.74) is 0. The van der Waals surface area contributed by atoms with Gasteiger partial charge in [-0.1, -0.05) is 6.07 Å².